The molecule has 0 radical (unpaired) electrons. The Balaban J connectivity index is 0.747. The molecular weight excluding hydrogens is 1120 g/mol. The second-order valence-electron chi connectivity index (χ2n) is 23.4. The van der Waals surface area contributed by atoms with Crippen LogP contribution in [0, 0.1) is 0 Å². The molecule has 17 rings (SSSR count). The summed E-state index contributed by atoms with van der Waals surface area (Å²) in [6.45, 7) is 0. The molecule has 92 heavy (non-hydrogen) atoms. The molecule has 0 atom stereocenters. The molecule has 0 bridgehead atoms. The lowest BCUT2D eigenvalue weighted by atomic mass is 9.86. The first kappa shape index (κ1) is 53.9. The number of benzene rings is 12. The second-order valence-corrected chi connectivity index (χ2v) is 23.4. The van der Waals surface area contributed by atoms with Crippen molar-refractivity contribution in [3.8, 4) is 134 Å². The van der Waals surface area contributed by atoms with Gasteiger partial charge in [0.05, 0.1) is 17.1 Å². The van der Waals surface area contributed by atoms with E-state index in [1.807, 2.05) is 55.0 Å². The number of pyridine rings is 3. The minimum atomic E-state index is 0.876. The van der Waals surface area contributed by atoms with Gasteiger partial charge in [-0.1, -0.05) is 237 Å². The zero-order valence-corrected chi connectivity index (χ0v) is 49.9. The van der Waals surface area contributed by atoms with Crippen molar-refractivity contribution in [2.45, 2.75) is 0 Å². The van der Waals surface area contributed by atoms with Crippen LogP contribution in [0.4, 0.5) is 0 Å². The number of fused-ring (bicyclic) bond motifs is 6. The highest BCUT2D eigenvalue weighted by molar-refractivity contribution is 6.14. The van der Waals surface area contributed by atoms with Crippen molar-refractivity contribution in [3.63, 3.8) is 0 Å². The van der Waals surface area contributed by atoms with E-state index >= 15 is 0 Å². The Morgan fingerprint density at radius 3 is 0.848 bits per heavy atom. The predicted octanol–water partition coefficient (Wildman–Crippen LogP) is 23.7. The number of hydrogen-bond donors (Lipinski definition) is 0. The molecule has 0 spiro atoms. The van der Waals surface area contributed by atoms with Crippen molar-refractivity contribution in [2.75, 3.05) is 0 Å². The van der Waals surface area contributed by atoms with Gasteiger partial charge < -0.3 is 8.83 Å². The number of aromatic nitrogens is 3. The number of rotatable bonds is 12. The number of para-hydroxylation sites is 2. The molecule has 0 saturated heterocycles. The number of nitrogens with zero attached hydrogens (tertiary/aromatic N) is 3. The fraction of sp³-hybridized carbons (Fsp3) is 0. The van der Waals surface area contributed by atoms with E-state index in [1.165, 1.54) is 5.56 Å². The highest BCUT2D eigenvalue weighted by Gasteiger charge is 2.20. The van der Waals surface area contributed by atoms with Crippen LogP contribution in [0.15, 0.2) is 343 Å². The van der Waals surface area contributed by atoms with Gasteiger partial charge in [-0.3, -0.25) is 15.0 Å². The number of hydrogen-bond acceptors (Lipinski definition) is 5. The number of furan rings is 2. The van der Waals surface area contributed by atoms with Crippen LogP contribution in [0.1, 0.15) is 0 Å². The van der Waals surface area contributed by atoms with Crippen LogP contribution in [0.5, 0.6) is 0 Å². The maximum Gasteiger partial charge on any atom is 0.136 e. The Morgan fingerprint density at radius 1 is 0.174 bits per heavy atom. The van der Waals surface area contributed by atoms with Gasteiger partial charge in [0.15, 0.2) is 0 Å². The Kier molecular flexibility index (Phi) is 13.5. The van der Waals surface area contributed by atoms with E-state index in [-0.39, 0.29) is 0 Å². The maximum atomic E-state index is 6.29. The molecule has 12 aromatic carbocycles. The molecule has 430 valence electrons. The maximum absolute atomic E-state index is 6.29. The van der Waals surface area contributed by atoms with Gasteiger partial charge in [0.25, 0.3) is 0 Å². The third kappa shape index (κ3) is 9.91. The molecular formula is C87H55N3O2. The van der Waals surface area contributed by atoms with Crippen LogP contribution in [-0.2, 0) is 0 Å². The Morgan fingerprint density at radius 2 is 0.457 bits per heavy atom. The summed E-state index contributed by atoms with van der Waals surface area (Å²) in [5.74, 6) is 0. The van der Waals surface area contributed by atoms with Crippen LogP contribution in [0.3, 0.4) is 0 Å². The zero-order valence-electron chi connectivity index (χ0n) is 49.9. The molecule has 0 amide bonds. The molecule has 0 aliphatic rings. The SMILES string of the molecule is c1ccc(-c2cccc(-c3ccc(-c4ccccc4-c4cc(-c5ccccc5-c5ccc(-c6cccc(-c7cccc8oc9ccccc9c78)c6)nc5)cc(-c5ccccc5-c5ccc(-c6cccc(-c7cccc8oc9ccccc9c78)c6)nc5)c4)cn3)c2)cc1. The van der Waals surface area contributed by atoms with Gasteiger partial charge in [0.1, 0.15) is 22.3 Å². The molecule has 0 saturated carbocycles. The summed E-state index contributed by atoms with van der Waals surface area (Å²) >= 11 is 0. The molecule has 0 fully saturated rings. The average Bonchev–Trinajstić information content (AvgIpc) is 1.77. The van der Waals surface area contributed by atoms with E-state index in [9.17, 15) is 0 Å². The second kappa shape index (κ2) is 23.0. The fourth-order valence-electron chi connectivity index (χ4n) is 13.4. The monoisotopic (exact) mass is 1170 g/mol. The van der Waals surface area contributed by atoms with Gasteiger partial charge in [0.2, 0.25) is 0 Å². The first-order valence-corrected chi connectivity index (χ1v) is 31.1. The fourth-order valence-corrected chi connectivity index (χ4v) is 13.4. The summed E-state index contributed by atoms with van der Waals surface area (Å²) in [7, 11) is 0. The van der Waals surface area contributed by atoms with E-state index in [4.69, 9.17) is 23.8 Å². The quantitative estimate of drug-likeness (QED) is 0.122. The summed E-state index contributed by atoms with van der Waals surface area (Å²) in [4.78, 5) is 15.5. The van der Waals surface area contributed by atoms with Crippen molar-refractivity contribution in [2.24, 2.45) is 0 Å². The third-order valence-corrected chi connectivity index (χ3v) is 17.9. The molecule has 0 aliphatic carbocycles. The van der Waals surface area contributed by atoms with Crippen molar-refractivity contribution in [1.82, 2.24) is 15.0 Å². The van der Waals surface area contributed by atoms with E-state index in [0.717, 1.165) is 172 Å². The van der Waals surface area contributed by atoms with E-state index in [2.05, 4.69) is 279 Å². The van der Waals surface area contributed by atoms with Crippen molar-refractivity contribution in [3.05, 3.63) is 334 Å². The first-order valence-electron chi connectivity index (χ1n) is 31.1. The smallest absolute Gasteiger partial charge is 0.136 e. The highest BCUT2D eigenvalue weighted by atomic mass is 16.3. The summed E-state index contributed by atoms with van der Waals surface area (Å²) in [5.41, 5.74) is 29.0. The molecule has 5 heteroatoms. The largest absolute Gasteiger partial charge is 0.456 e. The first-order chi connectivity index (χ1) is 45.6. The Labute approximate surface area is 532 Å². The van der Waals surface area contributed by atoms with Crippen LogP contribution in [0.25, 0.3) is 178 Å². The molecule has 0 N–H and O–H groups in total. The summed E-state index contributed by atoms with van der Waals surface area (Å²) in [6.07, 6.45) is 6.05. The highest BCUT2D eigenvalue weighted by Crippen LogP contribution is 2.45. The van der Waals surface area contributed by atoms with Crippen LogP contribution >= 0.6 is 0 Å². The summed E-state index contributed by atoms with van der Waals surface area (Å²) in [5, 5.41) is 4.45. The lowest BCUT2D eigenvalue weighted by Gasteiger charge is -2.18. The standard InChI is InChI=1S/C87H55N3O2/c1-2-19-56(20-3-1)57-21-14-24-60(47-57)79-44-41-63(53-88-79)69-27-4-7-30-72(69)66-50-67(73-31-8-5-28-70(73)64-42-45-80(89-54-64)61-25-15-22-58(48-61)75-35-17-39-84-86(75)77-33-10-12-37-82(77)91-84)52-68(51-66)74-32-9-6-29-71(74)65-43-46-81(90-55-65)62-26-16-23-59(49-62)76-36-18-40-85-87(76)78-34-11-13-38-83(78)92-85/h1-55H. The Hall–Kier alpha value is -12.3. The summed E-state index contributed by atoms with van der Waals surface area (Å²) < 4.78 is 12.6. The van der Waals surface area contributed by atoms with E-state index in [0.29, 0.717) is 0 Å². The zero-order chi connectivity index (χ0) is 60.9. The van der Waals surface area contributed by atoms with Crippen LogP contribution in [0.2, 0.25) is 0 Å². The third-order valence-electron chi connectivity index (χ3n) is 17.9. The van der Waals surface area contributed by atoms with Crippen molar-refractivity contribution >= 4 is 43.9 Å². The molecule has 5 nitrogen and oxygen atoms in total. The predicted molar refractivity (Wildman–Crippen MR) is 380 cm³/mol. The normalized spacial score (nSPS) is 11.5. The molecule has 5 heterocycles. The minimum absolute atomic E-state index is 0.876. The van der Waals surface area contributed by atoms with Crippen LogP contribution in [-0.4, -0.2) is 15.0 Å². The molecule has 17 aromatic rings. The van der Waals surface area contributed by atoms with E-state index < -0.39 is 0 Å². The van der Waals surface area contributed by atoms with Crippen molar-refractivity contribution in [1.29, 1.82) is 0 Å². The van der Waals surface area contributed by atoms with E-state index in [1.54, 1.807) is 0 Å². The molecule has 5 aromatic heterocycles. The van der Waals surface area contributed by atoms with Gasteiger partial charge in [0, 0.05) is 73.5 Å². The van der Waals surface area contributed by atoms with Crippen molar-refractivity contribution < 1.29 is 8.83 Å². The molecule has 0 aliphatic heterocycles. The lowest BCUT2D eigenvalue weighted by molar-refractivity contribution is 0.668. The average molecular weight is 1170 g/mol. The van der Waals surface area contributed by atoms with Gasteiger partial charge in [-0.15, -0.1) is 0 Å². The van der Waals surface area contributed by atoms with Gasteiger partial charge in [-0.25, -0.2) is 0 Å². The van der Waals surface area contributed by atoms with Gasteiger partial charge >= 0.3 is 0 Å². The lowest BCUT2D eigenvalue weighted by Crippen LogP contribution is -1.93. The van der Waals surface area contributed by atoms with Gasteiger partial charge in [-0.2, -0.15) is 0 Å². The minimum Gasteiger partial charge on any atom is -0.456 e. The Bertz CT molecular complexity index is 5360. The summed E-state index contributed by atoms with van der Waals surface area (Å²) in [6, 6.07) is 112. The van der Waals surface area contributed by atoms with Gasteiger partial charge in [-0.05, 0) is 162 Å². The van der Waals surface area contributed by atoms with Crippen LogP contribution < -0.4 is 0 Å². The molecule has 0 unspecified atom stereocenters. The topological polar surface area (TPSA) is 65.0 Å².